The number of benzene rings is 1. The minimum atomic E-state index is -0.128. The van der Waals surface area contributed by atoms with Crippen LogP contribution < -0.4 is 10.6 Å². The van der Waals surface area contributed by atoms with Crippen molar-refractivity contribution in [3.63, 3.8) is 0 Å². The Bertz CT molecular complexity index is 738. The summed E-state index contributed by atoms with van der Waals surface area (Å²) in [6.07, 6.45) is 4.13. The first kappa shape index (κ1) is 19.3. The summed E-state index contributed by atoms with van der Waals surface area (Å²) >= 11 is 5.89. The summed E-state index contributed by atoms with van der Waals surface area (Å²) < 4.78 is 0. The SMILES string of the molecule is CC(C)C1CN(C(=O)Nc2ccc(Cl)cc2)CCN1/C(=N\C#N)NC1CC1. The van der Waals surface area contributed by atoms with Crippen LogP contribution in [-0.2, 0) is 0 Å². The first-order chi connectivity index (χ1) is 13.0. The predicted molar refractivity (Wildman–Crippen MR) is 107 cm³/mol. The van der Waals surface area contributed by atoms with Crippen LogP contribution in [0.15, 0.2) is 29.3 Å². The standard InChI is InChI=1S/C19H25ClN6O/c1-13(2)17-11-25(19(27)24-16-5-3-14(20)4-6-16)9-10-26(17)18(22-12-21)23-15-7-8-15/h3-6,13,15,17H,7-11H2,1-2H3,(H,22,23)(H,24,27). The van der Waals surface area contributed by atoms with Crippen molar-refractivity contribution in [2.24, 2.45) is 10.9 Å². The quantitative estimate of drug-likeness (QED) is 0.473. The lowest BCUT2D eigenvalue weighted by Crippen LogP contribution is -2.61. The molecule has 0 spiro atoms. The molecule has 8 heteroatoms. The van der Waals surface area contributed by atoms with Crippen LogP contribution in [0.1, 0.15) is 26.7 Å². The van der Waals surface area contributed by atoms with E-state index in [0.29, 0.717) is 42.6 Å². The van der Waals surface area contributed by atoms with E-state index < -0.39 is 0 Å². The molecule has 1 heterocycles. The summed E-state index contributed by atoms with van der Waals surface area (Å²) in [5.41, 5.74) is 0.718. The lowest BCUT2D eigenvalue weighted by atomic mass is 10.00. The molecule has 0 aromatic heterocycles. The number of hydrogen-bond acceptors (Lipinski definition) is 3. The van der Waals surface area contributed by atoms with Crippen molar-refractivity contribution in [1.29, 1.82) is 5.26 Å². The Hall–Kier alpha value is -2.46. The van der Waals surface area contributed by atoms with Crippen LogP contribution in [0, 0.1) is 17.4 Å². The number of anilines is 1. The second-order valence-electron chi connectivity index (χ2n) is 7.34. The van der Waals surface area contributed by atoms with Gasteiger partial charge in [-0.25, -0.2) is 4.79 Å². The Morgan fingerprint density at radius 2 is 2.00 bits per heavy atom. The summed E-state index contributed by atoms with van der Waals surface area (Å²) in [4.78, 5) is 20.6. The molecule has 1 aliphatic carbocycles. The summed E-state index contributed by atoms with van der Waals surface area (Å²) in [7, 11) is 0. The molecular weight excluding hydrogens is 364 g/mol. The largest absolute Gasteiger partial charge is 0.353 e. The van der Waals surface area contributed by atoms with Crippen molar-refractivity contribution < 1.29 is 4.79 Å². The molecule has 0 bridgehead atoms. The van der Waals surface area contributed by atoms with Gasteiger partial charge < -0.3 is 20.4 Å². The number of carbonyl (C=O) groups is 1. The average Bonchev–Trinajstić information content (AvgIpc) is 3.47. The van der Waals surface area contributed by atoms with Crippen LogP contribution >= 0.6 is 11.6 Å². The maximum absolute atomic E-state index is 12.7. The summed E-state index contributed by atoms with van der Waals surface area (Å²) in [5, 5.41) is 16.0. The monoisotopic (exact) mass is 388 g/mol. The van der Waals surface area contributed by atoms with Gasteiger partial charge in [-0.2, -0.15) is 5.26 Å². The maximum Gasteiger partial charge on any atom is 0.321 e. The van der Waals surface area contributed by atoms with Crippen LogP contribution in [0.25, 0.3) is 0 Å². The lowest BCUT2D eigenvalue weighted by molar-refractivity contribution is 0.117. The molecule has 144 valence electrons. The van der Waals surface area contributed by atoms with E-state index in [1.165, 1.54) is 0 Å². The molecule has 1 saturated carbocycles. The average molecular weight is 389 g/mol. The van der Waals surface area contributed by atoms with Gasteiger partial charge in [0, 0.05) is 36.4 Å². The maximum atomic E-state index is 12.7. The minimum absolute atomic E-state index is 0.0908. The Kier molecular flexibility index (Phi) is 6.07. The van der Waals surface area contributed by atoms with Crippen molar-refractivity contribution in [3.05, 3.63) is 29.3 Å². The van der Waals surface area contributed by atoms with Crippen LogP contribution in [0.2, 0.25) is 5.02 Å². The number of aliphatic imine (C=N–C) groups is 1. The number of urea groups is 1. The number of piperazine rings is 1. The fourth-order valence-electron chi connectivity index (χ4n) is 3.20. The van der Waals surface area contributed by atoms with Gasteiger partial charge in [0.25, 0.3) is 0 Å². The van der Waals surface area contributed by atoms with E-state index in [1.807, 2.05) is 11.1 Å². The molecule has 1 aliphatic heterocycles. The third-order valence-corrected chi connectivity index (χ3v) is 5.16. The summed E-state index contributed by atoms with van der Waals surface area (Å²) in [5.74, 6) is 0.942. The summed E-state index contributed by atoms with van der Waals surface area (Å²) in [6.45, 7) is 6.03. The number of nitrogens with one attached hydrogen (secondary N) is 2. The molecule has 2 fully saturated rings. The van der Waals surface area contributed by atoms with Crippen LogP contribution in [-0.4, -0.2) is 53.5 Å². The van der Waals surface area contributed by atoms with Crippen molar-refractivity contribution in [1.82, 2.24) is 15.1 Å². The molecule has 7 nitrogen and oxygen atoms in total. The fraction of sp³-hybridized carbons (Fsp3) is 0.526. The second-order valence-corrected chi connectivity index (χ2v) is 7.78. The zero-order valence-electron chi connectivity index (χ0n) is 15.7. The number of amides is 2. The molecule has 0 radical (unpaired) electrons. The van der Waals surface area contributed by atoms with E-state index in [0.717, 1.165) is 18.5 Å². The van der Waals surface area contributed by atoms with Crippen molar-refractivity contribution in [2.75, 3.05) is 25.0 Å². The molecule has 3 rings (SSSR count). The molecular formula is C19H25ClN6O. The molecule has 1 aromatic rings. The van der Waals surface area contributed by atoms with E-state index in [-0.39, 0.29) is 12.1 Å². The van der Waals surface area contributed by atoms with Crippen LogP contribution in [0.4, 0.5) is 10.5 Å². The molecule has 2 amide bonds. The number of carbonyl (C=O) groups excluding carboxylic acids is 1. The third-order valence-electron chi connectivity index (χ3n) is 4.91. The van der Waals surface area contributed by atoms with Gasteiger partial charge in [0.05, 0.1) is 6.04 Å². The highest BCUT2D eigenvalue weighted by atomic mass is 35.5. The topological polar surface area (TPSA) is 83.8 Å². The zero-order valence-corrected chi connectivity index (χ0v) is 16.4. The van der Waals surface area contributed by atoms with Crippen LogP contribution in [0.3, 0.4) is 0 Å². The van der Waals surface area contributed by atoms with Gasteiger partial charge in [0.2, 0.25) is 12.2 Å². The van der Waals surface area contributed by atoms with Gasteiger partial charge in [-0.1, -0.05) is 25.4 Å². The van der Waals surface area contributed by atoms with E-state index in [4.69, 9.17) is 16.9 Å². The minimum Gasteiger partial charge on any atom is -0.353 e. The van der Waals surface area contributed by atoms with Gasteiger partial charge in [-0.15, -0.1) is 4.99 Å². The molecule has 1 unspecified atom stereocenters. The van der Waals surface area contributed by atoms with Gasteiger partial charge >= 0.3 is 6.03 Å². The molecule has 1 saturated heterocycles. The van der Waals surface area contributed by atoms with Crippen molar-refractivity contribution in [3.8, 4) is 6.19 Å². The number of nitriles is 1. The summed E-state index contributed by atoms with van der Waals surface area (Å²) in [6, 6.07) is 7.45. The van der Waals surface area contributed by atoms with Gasteiger partial charge in [-0.05, 0) is 43.0 Å². The Balaban J connectivity index is 1.67. The van der Waals surface area contributed by atoms with Gasteiger partial charge in [-0.3, -0.25) is 0 Å². The first-order valence-electron chi connectivity index (χ1n) is 9.29. The molecule has 27 heavy (non-hydrogen) atoms. The van der Waals surface area contributed by atoms with E-state index in [9.17, 15) is 4.79 Å². The van der Waals surface area contributed by atoms with Gasteiger partial charge in [0.1, 0.15) is 0 Å². The molecule has 1 atom stereocenters. The number of hydrogen-bond donors (Lipinski definition) is 2. The van der Waals surface area contributed by atoms with Crippen LogP contribution in [0.5, 0.6) is 0 Å². The first-order valence-corrected chi connectivity index (χ1v) is 9.67. The lowest BCUT2D eigenvalue weighted by Gasteiger charge is -2.44. The number of rotatable bonds is 3. The Labute approximate surface area is 165 Å². The van der Waals surface area contributed by atoms with Crippen molar-refractivity contribution >= 4 is 29.3 Å². The highest BCUT2D eigenvalue weighted by Crippen LogP contribution is 2.23. The van der Waals surface area contributed by atoms with E-state index >= 15 is 0 Å². The molecule has 2 aliphatic rings. The predicted octanol–water partition coefficient (Wildman–Crippen LogP) is 3.10. The van der Waals surface area contributed by atoms with Gasteiger partial charge in [0.15, 0.2) is 0 Å². The Morgan fingerprint density at radius 1 is 1.30 bits per heavy atom. The zero-order chi connectivity index (χ0) is 19.4. The molecule has 2 N–H and O–H groups in total. The molecule has 1 aromatic carbocycles. The highest BCUT2D eigenvalue weighted by molar-refractivity contribution is 6.30. The third kappa shape index (κ3) is 5.04. The fourth-order valence-corrected chi connectivity index (χ4v) is 3.33. The van der Waals surface area contributed by atoms with Crippen molar-refractivity contribution in [2.45, 2.75) is 38.8 Å². The second kappa shape index (κ2) is 8.49. The highest BCUT2D eigenvalue weighted by Gasteiger charge is 2.35. The van der Waals surface area contributed by atoms with E-state index in [1.54, 1.807) is 24.3 Å². The smallest absolute Gasteiger partial charge is 0.321 e. The number of guanidine groups is 1. The normalized spacial score (nSPS) is 20.4. The van der Waals surface area contributed by atoms with E-state index in [2.05, 4.69) is 34.4 Å². The Morgan fingerprint density at radius 3 is 2.59 bits per heavy atom. The number of nitrogens with zero attached hydrogens (tertiary/aromatic N) is 4. The number of halogens is 1.